The average Bonchev–Trinajstić information content (AvgIpc) is 3.03. The van der Waals surface area contributed by atoms with E-state index < -0.39 is 0 Å². The molecule has 4 heteroatoms. The van der Waals surface area contributed by atoms with E-state index in [9.17, 15) is 4.79 Å². The Morgan fingerprint density at radius 3 is 2.96 bits per heavy atom. The van der Waals surface area contributed by atoms with Crippen molar-refractivity contribution < 1.29 is 14.3 Å². The van der Waals surface area contributed by atoms with E-state index >= 15 is 0 Å². The molecule has 0 aromatic heterocycles. The SMILES string of the molecule is COc1ccc2c3c1Oc1ccccc1[C@H]3C(=O)N1CCC[C@H]1C2. The molecule has 3 aliphatic heterocycles. The van der Waals surface area contributed by atoms with E-state index in [4.69, 9.17) is 9.47 Å². The molecule has 0 spiro atoms. The van der Waals surface area contributed by atoms with Gasteiger partial charge in [-0.15, -0.1) is 0 Å². The van der Waals surface area contributed by atoms with Crippen molar-refractivity contribution >= 4 is 5.91 Å². The van der Waals surface area contributed by atoms with Crippen LogP contribution in [0.4, 0.5) is 0 Å². The molecule has 2 aromatic rings. The topological polar surface area (TPSA) is 38.8 Å². The van der Waals surface area contributed by atoms with E-state index in [2.05, 4.69) is 11.0 Å². The van der Waals surface area contributed by atoms with Crippen LogP contribution in [0.3, 0.4) is 0 Å². The summed E-state index contributed by atoms with van der Waals surface area (Å²) in [6.45, 7) is 0.865. The van der Waals surface area contributed by atoms with Crippen LogP contribution in [-0.4, -0.2) is 30.5 Å². The van der Waals surface area contributed by atoms with Crippen LogP contribution in [0.25, 0.3) is 0 Å². The minimum absolute atomic E-state index is 0.210. The molecule has 122 valence electrons. The second-order valence-electron chi connectivity index (χ2n) is 6.77. The number of hydrogen-bond acceptors (Lipinski definition) is 3. The molecule has 24 heavy (non-hydrogen) atoms. The molecule has 0 N–H and O–H groups in total. The van der Waals surface area contributed by atoms with Gasteiger partial charge in [0.15, 0.2) is 11.5 Å². The summed E-state index contributed by atoms with van der Waals surface area (Å²) in [7, 11) is 1.65. The van der Waals surface area contributed by atoms with Crippen LogP contribution in [0.1, 0.15) is 35.4 Å². The molecule has 2 atom stereocenters. The Kier molecular flexibility index (Phi) is 2.90. The quantitative estimate of drug-likeness (QED) is 0.807. The Bertz CT molecular complexity index is 845. The van der Waals surface area contributed by atoms with Gasteiger partial charge in [-0.05, 0) is 37.0 Å². The normalized spacial score (nSPS) is 23.7. The molecule has 2 aromatic carbocycles. The lowest BCUT2D eigenvalue weighted by atomic mass is 9.84. The van der Waals surface area contributed by atoms with Gasteiger partial charge in [0.25, 0.3) is 0 Å². The Balaban J connectivity index is 1.80. The Morgan fingerprint density at radius 2 is 2.08 bits per heavy atom. The number of methoxy groups -OCH3 is 1. The summed E-state index contributed by atoms with van der Waals surface area (Å²) in [5.74, 6) is 2.10. The van der Waals surface area contributed by atoms with Gasteiger partial charge < -0.3 is 14.4 Å². The van der Waals surface area contributed by atoms with Crippen molar-refractivity contribution in [2.45, 2.75) is 31.2 Å². The van der Waals surface area contributed by atoms with Crippen LogP contribution in [-0.2, 0) is 11.2 Å². The standard InChI is InChI=1S/C20H19NO3/c1-23-16-9-8-12-11-13-5-4-10-21(13)20(22)18-14-6-2-3-7-15(14)24-19(16)17(12)18/h2-3,6-9,13,18H,4-5,10-11H2,1H3/t13-,18+/m0/s1. The lowest BCUT2D eigenvalue weighted by Gasteiger charge is -2.30. The second-order valence-corrected chi connectivity index (χ2v) is 6.77. The summed E-state index contributed by atoms with van der Waals surface area (Å²) in [6.07, 6.45) is 3.08. The third-order valence-corrected chi connectivity index (χ3v) is 5.56. The first kappa shape index (κ1) is 13.9. The summed E-state index contributed by atoms with van der Waals surface area (Å²) in [5, 5.41) is 0. The molecule has 4 nitrogen and oxygen atoms in total. The summed E-state index contributed by atoms with van der Waals surface area (Å²) in [5.41, 5.74) is 3.19. The highest BCUT2D eigenvalue weighted by molar-refractivity contribution is 5.92. The fourth-order valence-electron chi connectivity index (χ4n) is 4.47. The number of fused-ring (bicyclic) bond motifs is 3. The van der Waals surface area contributed by atoms with E-state index in [-0.39, 0.29) is 11.8 Å². The number of ether oxygens (including phenoxy) is 2. The molecule has 1 saturated heterocycles. The number of benzene rings is 2. The first-order valence-electron chi connectivity index (χ1n) is 8.55. The van der Waals surface area contributed by atoms with Crippen LogP contribution in [0.15, 0.2) is 36.4 Å². The first-order valence-corrected chi connectivity index (χ1v) is 8.55. The van der Waals surface area contributed by atoms with E-state index in [1.807, 2.05) is 30.3 Å². The summed E-state index contributed by atoms with van der Waals surface area (Å²) in [4.78, 5) is 15.5. The molecule has 0 bridgehead atoms. The minimum atomic E-state index is -0.279. The van der Waals surface area contributed by atoms with Crippen LogP contribution in [0.2, 0.25) is 0 Å². The fourth-order valence-corrected chi connectivity index (χ4v) is 4.47. The van der Waals surface area contributed by atoms with Gasteiger partial charge in [-0.1, -0.05) is 24.3 Å². The number of nitrogens with zero attached hydrogens (tertiary/aromatic N) is 1. The lowest BCUT2D eigenvalue weighted by Crippen LogP contribution is -2.38. The zero-order chi connectivity index (χ0) is 16.3. The van der Waals surface area contributed by atoms with Crippen molar-refractivity contribution in [3.05, 3.63) is 53.1 Å². The van der Waals surface area contributed by atoms with Gasteiger partial charge in [-0.2, -0.15) is 0 Å². The molecule has 5 rings (SSSR count). The van der Waals surface area contributed by atoms with E-state index in [0.29, 0.717) is 17.5 Å². The number of amides is 1. The van der Waals surface area contributed by atoms with E-state index in [1.165, 1.54) is 5.56 Å². The summed E-state index contributed by atoms with van der Waals surface area (Å²) >= 11 is 0. The highest BCUT2D eigenvalue weighted by Gasteiger charge is 2.44. The van der Waals surface area contributed by atoms with Gasteiger partial charge in [-0.3, -0.25) is 4.79 Å². The van der Waals surface area contributed by atoms with Crippen LogP contribution >= 0.6 is 0 Å². The zero-order valence-corrected chi connectivity index (χ0v) is 13.6. The minimum Gasteiger partial charge on any atom is -0.493 e. The molecule has 0 radical (unpaired) electrons. The predicted octanol–water partition coefficient (Wildman–Crippen LogP) is 3.48. The fraction of sp³-hybridized carbons (Fsp3) is 0.350. The summed E-state index contributed by atoms with van der Waals surface area (Å²) < 4.78 is 11.7. The number of carbonyl (C=O) groups excluding carboxylic acids is 1. The molecule has 0 aliphatic carbocycles. The molecule has 3 heterocycles. The maximum atomic E-state index is 13.4. The maximum absolute atomic E-state index is 13.4. The Morgan fingerprint density at radius 1 is 1.21 bits per heavy atom. The molecule has 0 saturated carbocycles. The summed E-state index contributed by atoms with van der Waals surface area (Å²) in [6, 6.07) is 12.3. The second kappa shape index (κ2) is 5.00. The van der Waals surface area contributed by atoms with Gasteiger partial charge in [0.05, 0.1) is 13.0 Å². The number of rotatable bonds is 1. The predicted molar refractivity (Wildman–Crippen MR) is 89.8 cm³/mol. The number of hydrogen-bond donors (Lipinski definition) is 0. The molecule has 1 amide bonds. The van der Waals surface area contributed by atoms with Gasteiger partial charge >= 0.3 is 0 Å². The molecule has 0 unspecified atom stereocenters. The zero-order valence-electron chi connectivity index (χ0n) is 13.6. The Labute approximate surface area is 141 Å². The average molecular weight is 321 g/mol. The maximum Gasteiger partial charge on any atom is 0.235 e. The van der Waals surface area contributed by atoms with Gasteiger partial charge in [0, 0.05) is 23.7 Å². The third kappa shape index (κ3) is 1.77. The number of para-hydroxylation sites is 1. The Hall–Kier alpha value is -2.49. The van der Waals surface area contributed by atoms with Crippen molar-refractivity contribution in [2.24, 2.45) is 0 Å². The van der Waals surface area contributed by atoms with Crippen molar-refractivity contribution in [1.29, 1.82) is 0 Å². The van der Waals surface area contributed by atoms with Gasteiger partial charge in [0.2, 0.25) is 5.91 Å². The molecular weight excluding hydrogens is 302 g/mol. The van der Waals surface area contributed by atoms with Crippen LogP contribution < -0.4 is 9.47 Å². The first-order chi connectivity index (χ1) is 11.8. The largest absolute Gasteiger partial charge is 0.493 e. The van der Waals surface area contributed by atoms with Gasteiger partial charge in [-0.25, -0.2) is 0 Å². The van der Waals surface area contributed by atoms with Crippen molar-refractivity contribution in [3.63, 3.8) is 0 Å². The molecular formula is C20H19NO3. The van der Waals surface area contributed by atoms with Crippen LogP contribution in [0, 0.1) is 0 Å². The van der Waals surface area contributed by atoms with Gasteiger partial charge in [0.1, 0.15) is 5.75 Å². The van der Waals surface area contributed by atoms with Crippen LogP contribution in [0.5, 0.6) is 17.2 Å². The van der Waals surface area contributed by atoms with E-state index in [0.717, 1.165) is 42.7 Å². The lowest BCUT2D eigenvalue weighted by molar-refractivity contribution is -0.132. The van der Waals surface area contributed by atoms with E-state index in [1.54, 1.807) is 7.11 Å². The van der Waals surface area contributed by atoms with Crippen molar-refractivity contribution in [2.75, 3.05) is 13.7 Å². The van der Waals surface area contributed by atoms with Crippen molar-refractivity contribution in [1.82, 2.24) is 4.90 Å². The monoisotopic (exact) mass is 321 g/mol. The smallest absolute Gasteiger partial charge is 0.235 e. The highest BCUT2D eigenvalue weighted by Crippen LogP contribution is 2.52. The highest BCUT2D eigenvalue weighted by atomic mass is 16.5. The van der Waals surface area contributed by atoms with Crippen molar-refractivity contribution in [3.8, 4) is 17.2 Å². The third-order valence-electron chi connectivity index (χ3n) is 5.56. The number of carbonyl (C=O) groups is 1. The molecule has 1 fully saturated rings. The molecule has 3 aliphatic rings.